The van der Waals surface area contributed by atoms with Gasteiger partial charge in [-0.2, -0.15) is 12.6 Å². The van der Waals surface area contributed by atoms with Crippen molar-refractivity contribution < 1.29 is 4.79 Å². The molecule has 1 heterocycles. The van der Waals surface area contributed by atoms with Gasteiger partial charge in [-0.05, 0) is 18.2 Å². The second-order valence-electron chi connectivity index (χ2n) is 4.28. The summed E-state index contributed by atoms with van der Waals surface area (Å²) in [7, 11) is 3.98. The minimum Gasteiger partial charge on any atom is -0.378 e. The Morgan fingerprint density at radius 1 is 1.44 bits per heavy atom. The molecule has 1 unspecified atom stereocenters. The van der Waals surface area contributed by atoms with Crippen molar-refractivity contribution in [2.45, 2.75) is 11.7 Å². The predicted octanol–water partition coefficient (Wildman–Crippen LogP) is 1.79. The summed E-state index contributed by atoms with van der Waals surface area (Å²) in [5.74, 6) is 0.163. The van der Waals surface area contributed by atoms with Crippen molar-refractivity contribution in [2.24, 2.45) is 0 Å². The van der Waals surface area contributed by atoms with Crippen LogP contribution in [0.15, 0.2) is 24.3 Å². The van der Waals surface area contributed by atoms with Crippen LogP contribution in [0, 0.1) is 0 Å². The molecule has 1 aliphatic rings. The van der Waals surface area contributed by atoms with Crippen LogP contribution in [0.4, 0.5) is 11.4 Å². The summed E-state index contributed by atoms with van der Waals surface area (Å²) in [6, 6.07) is 8.01. The highest BCUT2D eigenvalue weighted by Gasteiger charge is 2.28. The zero-order chi connectivity index (χ0) is 11.7. The van der Waals surface area contributed by atoms with E-state index in [9.17, 15) is 4.79 Å². The highest BCUT2D eigenvalue weighted by Crippen LogP contribution is 2.26. The van der Waals surface area contributed by atoms with Gasteiger partial charge in [-0.1, -0.05) is 6.07 Å². The lowest BCUT2D eigenvalue weighted by molar-refractivity contribution is -0.117. The van der Waals surface area contributed by atoms with Crippen LogP contribution in [0.3, 0.4) is 0 Å². The molecular formula is C12H16N2OS. The zero-order valence-corrected chi connectivity index (χ0v) is 10.4. The summed E-state index contributed by atoms with van der Waals surface area (Å²) >= 11 is 4.35. The van der Waals surface area contributed by atoms with E-state index in [1.54, 1.807) is 0 Å². The van der Waals surface area contributed by atoms with Gasteiger partial charge in [0.15, 0.2) is 0 Å². The Morgan fingerprint density at radius 3 is 2.75 bits per heavy atom. The van der Waals surface area contributed by atoms with Crippen molar-refractivity contribution in [1.82, 2.24) is 0 Å². The van der Waals surface area contributed by atoms with Crippen molar-refractivity contribution in [2.75, 3.05) is 30.4 Å². The second kappa shape index (κ2) is 4.37. The molecule has 0 spiro atoms. The maximum atomic E-state index is 11.7. The van der Waals surface area contributed by atoms with Gasteiger partial charge < -0.3 is 9.80 Å². The number of benzene rings is 1. The molecule has 1 atom stereocenters. The summed E-state index contributed by atoms with van der Waals surface area (Å²) in [5.41, 5.74) is 2.07. The molecule has 2 rings (SSSR count). The SMILES string of the molecule is CN(C)c1cccc(N2CC(S)CC2=O)c1. The first-order valence-corrected chi connectivity index (χ1v) is 5.85. The minimum atomic E-state index is 0.163. The molecule has 16 heavy (non-hydrogen) atoms. The third kappa shape index (κ3) is 2.16. The first-order chi connectivity index (χ1) is 7.58. The molecule has 0 radical (unpaired) electrons. The van der Waals surface area contributed by atoms with Gasteiger partial charge >= 0.3 is 0 Å². The number of anilines is 2. The van der Waals surface area contributed by atoms with E-state index in [0.29, 0.717) is 13.0 Å². The Bertz CT molecular complexity index is 406. The van der Waals surface area contributed by atoms with Crippen LogP contribution in [0.5, 0.6) is 0 Å². The number of hydrogen-bond acceptors (Lipinski definition) is 3. The maximum Gasteiger partial charge on any atom is 0.228 e. The van der Waals surface area contributed by atoms with Crippen LogP contribution < -0.4 is 9.80 Å². The number of thiol groups is 1. The Morgan fingerprint density at radius 2 is 2.19 bits per heavy atom. The Kier molecular flexibility index (Phi) is 3.10. The van der Waals surface area contributed by atoms with Gasteiger partial charge in [0.05, 0.1) is 0 Å². The van der Waals surface area contributed by atoms with Crippen molar-refractivity contribution in [1.29, 1.82) is 0 Å². The Hall–Kier alpha value is -1.16. The topological polar surface area (TPSA) is 23.6 Å². The van der Waals surface area contributed by atoms with E-state index in [2.05, 4.69) is 12.6 Å². The van der Waals surface area contributed by atoms with Crippen LogP contribution in [0.25, 0.3) is 0 Å². The van der Waals surface area contributed by atoms with Gasteiger partial charge in [-0.3, -0.25) is 4.79 Å². The molecule has 1 aliphatic heterocycles. The van der Waals surface area contributed by atoms with Crippen LogP contribution in [-0.2, 0) is 4.79 Å². The lowest BCUT2D eigenvalue weighted by atomic mass is 10.2. The number of hydrogen-bond donors (Lipinski definition) is 1. The van der Waals surface area contributed by atoms with Crippen molar-refractivity contribution in [3.05, 3.63) is 24.3 Å². The normalized spacial score (nSPS) is 20.3. The highest BCUT2D eigenvalue weighted by molar-refractivity contribution is 7.81. The number of carbonyl (C=O) groups is 1. The number of rotatable bonds is 2. The number of carbonyl (C=O) groups excluding carboxylic acids is 1. The third-order valence-corrected chi connectivity index (χ3v) is 3.11. The highest BCUT2D eigenvalue weighted by atomic mass is 32.1. The molecular weight excluding hydrogens is 220 g/mol. The lowest BCUT2D eigenvalue weighted by Crippen LogP contribution is -2.24. The molecule has 0 aliphatic carbocycles. The summed E-state index contributed by atoms with van der Waals surface area (Å²) in [6.45, 7) is 0.707. The van der Waals surface area contributed by atoms with E-state index in [1.165, 1.54) is 0 Å². The molecule has 1 saturated heterocycles. The van der Waals surface area contributed by atoms with E-state index in [4.69, 9.17) is 0 Å². The average molecular weight is 236 g/mol. The summed E-state index contributed by atoms with van der Waals surface area (Å²) < 4.78 is 0. The van der Waals surface area contributed by atoms with Crippen molar-refractivity contribution >= 4 is 29.9 Å². The average Bonchev–Trinajstić information content (AvgIpc) is 2.58. The van der Waals surface area contributed by atoms with Crippen molar-refractivity contribution in [3.8, 4) is 0 Å². The monoisotopic (exact) mass is 236 g/mol. The largest absolute Gasteiger partial charge is 0.378 e. The molecule has 86 valence electrons. The van der Waals surface area contributed by atoms with E-state index >= 15 is 0 Å². The first kappa shape index (κ1) is 11.3. The fourth-order valence-corrected chi connectivity index (χ4v) is 2.20. The van der Waals surface area contributed by atoms with Crippen LogP contribution >= 0.6 is 12.6 Å². The van der Waals surface area contributed by atoms with Crippen LogP contribution in [-0.4, -0.2) is 31.8 Å². The lowest BCUT2D eigenvalue weighted by Gasteiger charge is -2.19. The van der Waals surface area contributed by atoms with E-state index in [-0.39, 0.29) is 11.2 Å². The quantitative estimate of drug-likeness (QED) is 0.791. The smallest absolute Gasteiger partial charge is 0.228 e. The molecule has 1 aromatic carbocycles. The predicted molar refractivity (Wildman–Crippen MR) is 70.5 cm³/mol. The van der Waals surface area contributed by atoms with E-state index in [0.717, 1.165) is 11.4 Å². The maximum absolute atomic E-state index is 11.7. The third-order valence-electron chi connectivity index (χ3n) is 2.76. The molecule has 0 bridgehead atoms. The molecule has 0 saturated carbocycles. The number of nitrogens with zero attached hydrogens (tertiary/aromatic N) is 2. The molecule has 1 aromatic rings. The Labute approximate surface area is 101 Å². The Balaban J connectivity index is 2.27. The van der Waals surface area contributed by atoms with Crippen LogP contribution in [0.1, 0.15) is 6.42 Å². The fourth-order valence-electron chi connectivity index (χ4n) is 1.88. The summed E-state index contributed by atoms with van der Waals surface area (Å²) in [6.07, 6.45) is 0.537. The van der Waals surface area contributed by atoms with Gasteiger partial charge in [0.25, 0.3) is 0 Å². The van der Waals surface area contributed by atoms with Gasteiger partial charge in [-0.15, -0.1) is 0 Å². The number of amides is 1. The van der Waals surface area contributed by atoms with E-state index < -0.39 is 0 Å². The van der Waals surface area contributed by atoms with Gasteiger partial charge in [0.1, 0.15) is 0 Å². The van der Waals surface area contributed by atoms with E-state index in [1.807, 2.05) is 48.2 Å². The standard InChI is InChI=1S/C12H16N2OS/c1-13(2)9-4-3-5-10(6-9)14-8-11(16)7-12(14)15/h3-6,11,16H,7-8H2,1-2H3. The summed E-state index contributed by atoms with van der Waals surface area (Å²) in [5, 5.41) is 0.163. The molecule has 1 amide bonds. The molecule has 0 N–H and O–H groups in total. The molecule has 1 fully saturated rings. The molecule has 4 heteroatoms. The van der Waals surface area contributed by atoms with Crippen LogP contribution in [0.2, 0.25) is 0 Å². The second-order valence-corrected chi connectivity index (χ2v) is 5.01. The first-order valence-electron chi connectivity index (χ1n) is 5.34. The molecule has 0 aromatic heterocycles. The summed E-state index contributed by atoms with van der Waals surface area (Å²) in [4.78, 5) is 15.6. The van der Waals surface area contributed by atoms with Gasteiger partial charge in [0, 0.05) is 43.7 Å². The zero-order valence-electron chi connectivity index (χ0n) is 9.55. The van der Waals surface area contributed by atoms with Gasteiger partial charge in [-0.25, -0.2) is 0 Å². The van der Waals surface area contributed by atoms with Crippen molar-refractivity contribution in [3.63, 3.8) is 0 Å². The molecule has 3 nitrogen and oxygen atoms in total. The fraction of sp³-hybridized carbons (Fsp3) is 0.417. The minimum absolute atomic E-state index is 0.163. The van der Waals surface area contributed by atoms with Gasteiger partial charge in [0.2, 0.25) is 5.91 Å².